The highest BCUT2D eigenvalue weighted by molar-refractivity contribution is 5.21. The zero-order valence-corrected chi connectivity index (χ0v) is 8.88. The predicted molar refractivity (Wildman–Crippen MR) is 56.5 cm³/mol. The zero-order valence-electron chi connectivity index (χ0n) is 8.88. The molecule has 0 spiro atoms. The van der Waals surface area contributed by atoms with Crippen LogP contribution in [0.15, 0.2) is 23.8 Å². The van der Waals surface area contributed by atoms with Crippen LogP contribution in [0.4, 0.5) is 0 Å². The summed E-state index contributed by atoms with van der Waals surface area (Å²) in [5.74, 6) is 0.624. The monoisotopic (exact) mass is 180 g/mol. The maximum absolute atomic E-state index is 8.66. The average molecular weight is 180 g/mol. The summed E-state index contributed by atoms with van der Waals surface area (Å²) in [5.41, 5.74) is 1.80. The minimum absolute atomic E-state index is 0.260. The quantitative estimate of drug-likeness (QED) is 0.662. The van der Waals surface area contributed by atoms with Crippen molar-refractivity contribution in [1.82, 2.24) is 0 Å². The van der Waals surface area contributed by atoms with Crippen LogP contribution in [0, 0.1) is 11.3 Å². The lowest BCUT2D eigenvalue weighted by atomic mass is 9.77. The Balaban J connectivity index is 2.56. The number of aliphatic hydroxyl groups excluding tert-OH is 1. The molecule has 1 N–H and O–H groups in total. The van der Waals surface area contributed by atoms with Gasteiger partial charge >= 0.3 is 0 Å². The maximum Gasteiger partial charge on any atom is 0.0465 e. The summed E-state index contributed by atoms with van der Waals surface area (Å²) in [6, 6.07) is 0. The smallest absolute Gasteiger partial charge is 0.0465 e. The molecule has 0 amide bonds. The molecule has 0 aromatic rings. The highest BCUT2D eigenvalue weighted by atomic mass is 16.2. The van der Waals surface area contributed by atoms with Crippen LogP contribution in [0.1, 0.15) is 33.6 Å². The molecule has 1 rings (SSSR count). The third kappa shape index (κ3) is 2.22. The third-order valence-corrected chi connectivity index (χ3v) is 3.29. The van der Waals surface area contributed by atoms with Crippen molar-refractivity contribution < 1.29 is 5.11 Å². The summed E-state index contributed by atoms with van der Waals surface area (Å²) in [7, 11) is 0. The number of allylic oxidation sites excluding steroid dienone is 3. The normalized spacial score (nSPS) is 26.8. The molecule has 0 aliphatic heterocycles. The molecule has 0 aromatic heterocycles. The van der Waals surface area contributed by atoms with Crippen molar-refractivity contribution in [2.45, 2.75) is 33.6 Å². The first kappa shape index (κ1) is 10.5. The van der Waals surface area contributed by atoms with Crippen molar-refractivity contribution in [3.05, 3.63) is 23.8 Å². The van der Waals surface area contributed by atoms with Gasteiger partial charge in [-0.3, -0.25) is 0 Å². The van der Waals surface area contributed by atoms with Crippen LogP contribution >= 0.6 is 0 Å². The third-order valence-electron chi connectivity index (χ3n) is 3.29. The first-order chi connectivity index (χ1) is 6.09. The van der Waals surface area contributed by atoms with Gasteiger partial charge < -0.3 is 5.11 Å². The standard InChI is InChI=1S/C12H20O/c1-10-7-8-11(12(10,2)3)6-4-5-9-13/h4,6-7,11,13H,5,8-9H2,1-3H3. The second kappa shape index (κ2) is 4.10. The van der Waals surface area contributed by atoms with E-state index in [9.17, 15) is 0 Å². The molecule has 0 radical (unpaired) electrons. The molecule has 0 bridgehead atoms. The summed E-state index contributed by atoms with van der Waals surface area (Å²) >= 11 is 0. The van der Waals surface area contributed by atoms with Crippen molar-refractivity contribution in [2.24, 2.45) is 11.3 Å². The van der Waals surface area contributed by atoms with Crippen LogP contribution < -0.4 is 0 Å². The Morgan fingerprint density at radius 2 is 2.31 bits per heavy atom. The minimum Gasteiger partial charge on any atom is -0.396 e. The Hall–Kier alpha value is -0.560. The van der Waals surface area contributed by atoms with E-state index in [1.165, 1.54) is 5.57 Å². The Morgan fingerprint density at radius 3 is 2.77 bits per heavy atom. The second-order valence-electron chi connectivity index (χ2n) is 4.39. The van der Waals surface area contributed by atoms with Gasteiger partial charge in [0.15, 0.2) is 0 Å². The van der Waals surface area contributed by atoms with Gasteiger partial charge in [-0.05, 0) is 31.1 Å². The summed E-state index contributed by atoms with van der Waals surface area (Å²) in [6.45, 7) is 7.05. The fourth-order valence-electron chi connectivity index (χ4n) is 1.81. The van der Waals surface area contributed by atoms with E-state index in [2.05, 4.69) is 39.0 Å². The van der Waals surface area contributed by atoms with E-state index < -0.39 is 0 Å². The van der Waals surface area contributed by atoms with E-state index in [1.54, 1.807) is 0 Å². The molecule has 0 heterocycles. The minimum atomic E-state index is 0.260. The van der Waals surface area contributed by atoms with Gasteiger partial charge in [-0.1, -0.05) is 37.6 Å². The molecule has 0 aromatic carbocycles. The van der Waals surface area contributed by atoms with Crippen LogP contribution in [0.25, 0.3) is 0 Å². The average Bonchev–Trinajstić information content (AvgIpc) is 2.32. The van der Waals surface area contributed by atoms with Crippen LogP contribution in [0.2, 0.25) is 0 Å². The van der Waals surface area contributed by atoms with Crippen molar-refractivity contribution in [3.8, 4) is 0 Å². The largest absolute Gasteiger partial charge is 0.396 e. The van der Waals surface area contributed by atoms with E-state index in [0.29, 0.717) is 11.3 Å². The van der Waals surface area contributed by atoms with Gasteiger partial charge in [0.25, 0.3) is 0 Å². The van der Waals surface area contributed by atoms with Crippen molar-refractivity contribution in [2.75, 3.05) is 6.61 Å². The predicted octanol–water partition coefficient (Wildman–Crippen LogP) is 2.92. The van der Waals surface area contributed by atoms with Crippen LogP contribution in [0.3, 0.4) is 0 Å². The lowest BCUT2D eigenvalue weighted by Gasteiger charge is -2.27. The molecule has 0 saturated carbocycles. The Labute approximate surface area is 81.2 Å². The molecule has 1 heteroatoms. The topological polar surface area (TPSA) is 20.2 Å². The number of rotatable bonds is 3. The van der Waals surface area contributed by atoms with E-state index >= 15 is 0 Å². The van der Waals surface area contributed by atoms with Crippen LogP contribution in [-0.2, 0) is 0 Å². The summed E-state index contributed by atoms with van der Waals surface area (Å²) < 4.78 is 0. The summed E-state index contributed by atoms with van der Waals surface area (Å²) in [5, 5.41) is 8.66. The summed E-state index contributed by atoms with van der Waals surface area (Å²) in [4.78, 5) is 0. The van der Waals surface area contributed by atoms with Crippen LogP contribution in [-0.4, -0.2) is 11.7 Å². The van der Waals surface area contributed by atoms with Crippen molar-refractivity contribution in [3.63, 3.8) is 0 Å². The number of hydrogen-bond donors (Lipinski definition) is 1. The fraction of sp³-hybridized carbons (Fsp3) is 0.667. The molecule has 1 aliphatic rings. The van der Waals surface area contributed by atoms with E-state index in [0.717, 1.165) is 12.8 Å². The molecule has 1 unspecified atom stereocenters. The van der Waals surface area contributed by atoms with Crippen molar-refractivity contribution >= 4 is 0 Å². The Morgan fingerprint density at radius 1 is 1.62 bits per heavy atom. The van der Waals surface area contributed by atoms with E-state index in [1.807, 2.05) is 0 Å². The molecule has 1 aliphatic carbocycles. The van der Waals surface area contributed by atoms with E-state index in [4.69, 9.17) is 5.11 Å². The maximum atomic E-state index is 8.66. The zero-order chi connectivity index (χ0) is 9.90. The van der Waals surface area contributed by atoms with Gasteiger partial charge in [-0.15, -0.1) is 0 Å². The van der Waals surface area contributed by atoms with Gasteiger partial charge in [0.2, 0.25) is 0 Å². The molecule has 74 valence electrons. The van der Waals surface area contributed by atoms with Gasteiger partial charge in [-0.2, -0.15) is 0 Å². The lowest BCUT2D eigenvalue weighted by Crippen LogP contribution is -2.18. The van der Waals surface area contributed by atoms with Gasteiger partial charge in [0.05, 0.1) is 0 Å². The SMILES string of the molecule is CC1=CCC(C=CCCO)C1(C)C. The molecule has 0 fully saturated rings. The highest BCUT2D eigenvalue weighted by Gasteiger charge is 2.32. The van der Waals surface area contributed by atoms with Crippen molar-refractivity contribution in [1.29, 1.82) is 0 Å². The number of hydrogen-bond acceptors (Lipinski definition) is 1. The van der Waals surface area contributed by atoms with Gasteiger partial charge in [0, 0.05) is 6.61 Å². The van der Waals surface area contributed by atoms with E-state index in [-0.39, 0.29) is 6.61 Å². The Kier molecular flexibility index (Phi) is 3.32. The highest BCUT2D eigenvalue weighted by Crippen LogP contribution is 2.43. The van der Waals surface area contributed by atoms with Gasteiger partial charge in [0.1, 0.15) is 0 Å². The summed E-state index contributed by atoms with van der Waals surface area (Å²) in [6.07, 6.45) is 8.61. The first-order valence-corrected chi connectivity index (χ1v) is 5.03. The molecule has 1 atom stereocenters. The fourth-order valence-corrected chi connectivity index (χ4v) is 1.81. The molecular weight excluding hydrogens is 160 g/mol. The first-order valence-electron chi connectivity index (χ1n) is 5.03. The number of aliphatic hydroxyl groups is 1. The Bertz CT molecular complexity index is 223. The molecule has 1 nitrogen and oxygen atoms in total. The molecule has 13 heavy (non-hydrogen) atoms. The lowest BCUT2D eigenvalue weighted by molar-refractivity contribution is 0.301. The van der Waals surface area contributed by atoms with Crippen LogP contribution in [0.5, 0.6) is 0 Å². The second-order valence-corrected chi connectivity index (χ2v) is 4.39. The molecule has 0 saturated heterocycles. The molecular formula is C12H20O. The van der Waals surface area contributed by atoms with Gasteiger partial charge in [-0.25, -0.2) is 0 Å².